The Kier molecular flexibility index (Phi) is 3.08. The molecular formula is C13H12N2O3S. The summed E-state index contributed by atoms with van der Waals surface area (Å²) in [5.41, 5.74) is 0.767. The highest BCUT2D eigenvalue weighted by atomic mass is 32.1. The molecule has 0 unspecified atom stereocenters. The number of carbonyl (C=O) groups is 1. The van der Waals surface area contributed by atoms with E-state index in [1.54, 1.807) is 0 Å². The minimum absolute atomic E-state index is 0.132. The Balaban J connectivity index is 1.77. The average Bonchev–Trinajstić information content (AvgIpc) is 2.86. The van der Waals surface area contributed by atoms with E-state index in [2.05, 4.69) is 10.3 Å². The predicted octanol–water partition coefficient (Wildman–Crippen LogP) is 2.61. The summed E-state index contributed by atoms with van der Waals surface area (Å²) in [6, 6.07) is 7.53. The van der Waals surface area contributed by atoms with E-state index < -0.39 is 0 Å². The molecule has 0 spiro atoms. The molecule has 19 heavy (non-hydrogen) atoms. The molecule has 2 aromatic rings. The molecule has 1 aliphatic heterocycles. The van der Waals surface area contributed by atoms with Crippen LogP contribution in [-0.2, 0) is 4.79 Å². The van der Waals surface area contributed by atoms with Crippen LogP contribution < -0.4 is 14.8 Å². The molecule has 98 valence electrons. The number of hydrogen-bond donors (Lipinski definition) is 1. The summed E-state index contributed by atoms with van der Waals surface area (Å²) in [4.78, 5) is 15.3. The molecule has 1 aliphatic rings. The van der Waals surface area contributed by atoms with Gasteiger partial charge in [0.25, 0.3) is 0 Å². The number of rotatable bonds is 2. The fourth-order valence-electron chi connectivity index (χ4n) is 1.81. The lowest BCUT2D eigenvalue weighted by atomic mass is 10.2. The number of amides is 1. The van der Waals surface area contributed by atoms with Crippen LogP contribution in [0.25, 0.3) is 0 Å². The largest absolute Gasteiger partial charge is 0.485 e. The fourth-order valence-corrected chi connectivity index (χ4v) is 2.60. The van der Waals surface area contributed by atoms with Crippen molar-refractivity contribution in [3.8, 4) is 11.5 Å². The minimum Gasteiger partial charge on any atom is -0.485 e. The van der Waals surface area contributed by atoms with Crippen molar-refractivity contribution < 1.29 is 14.3 Å². The van der Waals surface area contributed by atoms with Crippen molar-refractivity contribution in [1.82, 2.24) is 4.98 Å². The number of nitrogens with zero attached hydrogens (tertiary/aromatic N) is 1. The van der Waals surface area contributed by atoms with Crippen LogP contribution in [0.1, 0.15) is 18.7 Å². The summed E-state index contributed by atoms with van der Waals surface area (Å²) in [5.74, 6) is 1.33. The topological polar surface area (TPSA) is 60.5 Å². The van der Waals surface area contributed by atoms with Crippen LogP contribution in [0.3, 0.4) is 0 Å². The van der Waals surface area contributed by atoms with E-state index in [4.69, 9.17) is 9.47 Å². The molecule has 2 heterocycles. The molecule has 1 aromatic heterocycles. The standard InChI is InChI=1S/C13H12N2O3S/c1-8(16)14-13-15-9(7-19-13)12-6-17-10-4-2-3-5-11(10)18-12/h2-5,7,12H,6H2,1H3,(H,14,15,16)/t12-/m0/s1. The molecule has 5 nitrogen and oxygen atoms in total. The average molecular weight is 276 g/mol. The Hall–Kier alpha value is -2.08. The van der Waals surface area contributed by atoms with E-state index in [0.29, 0.717) is 17.5 Å². The maximum absolute atomic E-state index is 11.0. The van der Waals surface area contributed by atoms with Gasteiger partial charge in [-0.3, -0.25) is 4.79 Å². The third-order valence-corrected chi connectivity index (χ3v) is 3.42. The smallest absolute Gasteiger partial charge is 0.223 e. The first-order valence-corrected chi connectivity index (χ1v) is 6.72. The lowest BCUT2D eigenvalue weighted by molar-refractivity contribution is -0.114. The zero-order valence-electron chi connectivity index (χ0n) is 10.3. The third-order valence-electron chi connectivity index (χ3n) is 2.64. The van der Waals surface area contributed by atoms with Gasteiger partial charge >= 0.3 is 0 Å². The van der Waals surface area contributed by atoms with E-state index in [-0.39, 0.29) is 12.0 Å². The first kappa shape index (κ1) is 12.0. The van der Waals surface area contributed by atoms with Crippen molar-refractivity contribution in [3.05, 3.63) is 35.3 Å². The number of aromatic nitrogens is 1. The van der Waals surface area contributed by atoms with Gasteiger partial charge in [0.2, 0.25) is 5.91 Å². The van der Waals surface area contributed by atoms with E-state index in [1.165, 1.54) is 18.3 Å². The van der Waals surface area contributed by atoms with Gasteiger partial charge in [0, 0.05) is 12.3 Å². The number of fused-ring (bicyclic) bond motifs is 1. The number of thiazole rings is 1. The number of para-hydroxylation sites is 2. The predicted molar refractivity (Wildman–Crippen MR) is 71.7 cm³/mol. The van der Waals surface area contributed by atoms with Crippen molar-refractivity contribution in [3.63, 3.8) is 0 Å². The van der Waals surface area contributed by atoms with Gasteiger partial charge in [0.15, 0.2) is 22.7 Å². The van der Waals surface area contributed by atoms with Crippen molar-refractivity contribution in [2.24, 2.45) is 0 Å². The Bertz CT molecular complexity index is 611. The van der Waals surface area contributed by atoms with Crippen LogP contribution in [0.5, 0.6) is 11.5 Å². The highest BCUT2D eigenvalue weighted by molar-refractivity contribution is 7.13. The van der Waals surface area contributed by atoms with Crippen LogP contribution in [0.4, 0.5) is 5.13 Å². The number of carbonyl (C=O) groups excluding carboxylic acids is 1. The van der Waals surface area contributed by atoms with Crippen LogP contribution in [-0.4, -0.2) is 17.5 Å². The Morgan fingerprint density at radius 2 is 2.21 bits per heavy atom. The summed E-state index contributed by atoms with van der Waals surface area (Å²) >= 11 is 1.37. The second-order valence-corrected chi connectivity index (χ2v) is 4.98. The van der Waals surface area contributed by atoms with E-state index in [9.17, 15) is 4.79 Å². The van der Waals surface area contributed by atoms with Gasteiger partial charge in [0.1, 0.15) is 6.61 Å². The zero-order chi connectivity index (χ0) is 13.2. The van der Waals surface area contributed by atoms with E-state index in [1.807, 2.05) is 29.6 Å². The summed E-state index contributed by atoms with van der Waals surface area (Å²) < 4.78 is 11.5. The molecule has 3 rings (SSSR count). The molecule has 0 aliphatic carbocycles. The van der Waals surface area contributed by atoms with Gasteiger partial charge in [-0.15, -0.1) is 11.3 Å². The maximum Gasteiger partial charge on any atom is 0.223 e. The monoisotopic (exact) mass is 276 g/mol. The quantitative estimate of drug-likeness (QED) is 0.916. The molecular weight excluding hydrogens is 264 g/mol. The molecule has 0 fully saturated rings. The second kappa shape index (κ2) is 4.89. The third kappa shape index (κ3) is 2.53. The molecule has 1 amide bonds. The number of benzene rings is 1. The number of nitrogens with one attached hydrogen (secondary N) is 1. The summed E-state index contributed by atoms with van der Waals surface area (Å²) in [5, 5.41) is 5.10. The van der Waals surface area contributed by atoms with Gasteiger partial charge in [-0.1, -0.05) is 12.1 Å². The van der Waals surface area contributed by atoms with Gasteiger partial charge in [-0.2, -0.15) is 0 Å². The van der Waals surface area contributed by atoms with Gasteiger partial charge in [0.05, 0.1) is 5.69 Å². The summed E-state index contributed by atoms with van der Waals surface area (Å²) in [6.07, 6.45) is -0.242. The Labute approximate surface area is 114 Å². The van der Waals surface area contributed by atoms with Crippen molar-refractivity contribution in [1.29, 1.82) is 0 Å². The van der Waals surface area contributed by atoms with Crippen LogP contribution in [0, 0.1) is 0 Å². The molecule has 0 bridgehead atoms. The lowest BCUT2D eigenvalue weighted by Gasteiger charge is -2.25. The SMILES string of the molecule is CC(=O)Nc1nc([C@@H]2COc3ccccc3O2)cs1. The second-order valence-electron chi connectivity index (χ2n) is 4.12. The van der Waals surface area contributed by atoms with Gasteiger partial charge in [-0.05, 0) is 12.1 Å². The van der Waals surface area contributed by atoms with Crippen LogP contribution in [0.2, 0.25) is 0 Å². The first-order valence-electron chi connectivity index (χ1n) is 5.84. The van der Waals surface area contributed by atoms with Gasteiger partial charge in [-0.25, -0.2) is 4.98 Å². The normalized spacial score (nSPS) is 17.0. The minimum atomic E-state index is -0.242. The fraction of sp³-hybridized carbons (Fsp3) is 0.231. The zero-order valence-corrected chi connectivity index (χ0v) is 11.1. The number of hydrogen-bond acceptors (Lipinski definition) is 5. The maximum atomic E-state index is 11.0. The van der Waals surface area contributed by atoms with Crippen LogP contribution >= 0.6 is 11.3 Å². The highest BCUT2D eigenvalue weighted by Gasteiger charge is 2.24. The molecule has 0 radical (unpaired) electrons. The number of anilines is 1. The van der Waals surface area contributed by atoms with Crippen molar-refractivity contribution in [2.45, 2.75) is 13.0 Å². The highest BCUT2D eigenvalue weighted by Crippen LogP contribution is 2.36. The number of ether oxygens (including phenoxy) is 2. The molecule has 6 heteroatoms. The van der Waals surface area contributed by atoms with Crippen molar-refractivity contribution >= 4 is 22.4 Å². The van der Waals surface area contributed by atoms with Gasteiger partial charge < -0.3 is 14.8 Å². The van der Waals surface area contributed by atoms with Crippen LogP contribution in [0.15, 0.2) is 29.6 Å². The summed E-state index contributed by atoms with van der Waals surface area (Å²) in [6.45, 7) is 1.87. The van der Waals surface area contributed by atoms with Crippen molar-refractivity contribution in [2.75, 3.05) is 11.9 Å². The molecule has 1 N–H and O–H groups in total. The first-order chi connectivity index (χ1) is 9.22. The van der Waals surface area contributed by atoms with E-state index >= 15 is 0 Å². The summed E-state index contributed by atoms with van der Waals surface area (Å²) in [7, 11) is 0. The molecule has 0 saturated heterocycles. The van der Waals surface area contributed by atoms with E-state index in [0.717, 1.165) is 11.4 Å². The Morgan fingerprint density at radius 3 is 3.00 bits per heavy atom. The lowest BCUT2D eigenvalue weighted by Crippen LogP contribution is -2.21. The molecule has 0 saturated carbocycles. The molecule has 1 atom stereocenters. The molecule has 1 aromatic carbocycles. The Morgan fingerprint density at radius 1 is 1.42 bits per heavy atom.